The SMILES string of the molecule is CC(C)Cc1ccc2sncc2c1. The summed E-state index contributed by atoms with van der Waals surface area (Å²) in [6.45, 7) is 4.49. The van der Waals surface area contributed by atoms with Crippen molar-refractivity contribution in [2.45, 2.75) is 20.3 Å². The highest BCUT2D eigenvalue weighted by atomic mass is 32.1. The third-order valence-corrected chi connectivity index (χ3v) is 2.84. The lowest BCUT2D eigenvalue weighted by molar-refractivity contribution is 0.648. The molecule has 1 aromatic heterocycles. The zero-order valence-electron chi connectivity index (χ0n) is 7.95. The Labute approximate surface area is 82.6 Å². The standard InChI is InChI=1S/C11H13NS/c1-8(2)5-9-3-4-11-10(6-9)7-12-13-11/h3-4,6-8H,5H2,1-2H3. The average Bonchev–Trinajstić information content (AvgIpc) is 2.49. The Morgan fingerprint density at radius 3 is 3.00 bits per heavy atom. The van der Waals surface area contributed by atoms with Crippen LogP contribution < -0.4 is 0 Å². The van der Waals surface area contributed by atoms with E-state index in [0.29, 0.717) is 0 Å². The Bertz CT molecular complexity index is 403. The van der Waals surface area contributed by atoms with Gasteiger partial charge in [0, 0.05) is 11.6 Å². The molecular weight excluding hydrogens is 178 g/mol. The molecule has 1 aromatic carbocycles. The van der Waals surface area contributed by atoms with E-state index < -0.39 is 0 Å². The van der Waals surface area contributed by atoms with Crippen LogP contribution in [0.2, 0.25) is 0 Å². The summed E-state index contributed by atoms with van der Waals surface area (Å²) in [5.74, 6) is 0.726. The van der Waals surface area contributed by atoms with E-state index in [2.05, 4.69) is 36.4 Å². The minimum atomic E-state index is 0.726. The molecule has 1 heterocycles. The quantitative estimate of drug-likeness (QED) is 0.708. The summed E-state index contributed by atoms with van der Waals surface area (Å²) in [5.41, 5.74) is 1.42. The van der Waals surface area contributed by atoms with Crippen molar-refractivity contribution < 1.29 is 0 Å². The molecule has 68 valence electrons. The summed E-state index contributed by atoms with van der Waals surface area (Å²) in [4.78, 5) is 0. The Morgan fingerprint density at radius 1 is 1.38 bits per heavy atom. The van der Waals surface area contributed by atoms with E-state index >= 15 is 0 Å². The monoisotopic (exact) mass is 191 g/mol. The average molecular weight is 191 g/mol. The minimum Gasteiger partial charge on any atom is -0.200 e. The van der Waals surface area contributed by atoms with Crippen molar-refractivity contribution in [1.82, 2.24) is 4.37 Å². The van der Waals surface area contributed by atoms with Crippen LogP contribution >= 0.6 is 11.5 Å². The Balaban J connectivity index is 2.37. The molecule has 13 heavy (non-hydrogen) atoms. The highest BCUT2D eigenvalue weighted by Crippen LogP contribution is 2.20. The van der Waals surface area contributed by atoms with Crippen molar-refractivity contribution in [2.24, 2.45) is 5.92 Å². The van der Waals surface area contributed by atoms with Gasteiger partial charge in [-0.1, -0.05) is 19.9 Å². The van der Waals surface area contributed by atoms with E-state index in [1.54, 1.807) is 11.5 Å². The van der Waals surface area contributed by atoms with Crippen LogP contribution in [0, 0.1) is 5.92 Å². The molecule has 0 saturated carbocycles. The topological polar surface area (TPSA) is 12.9 Å². The molecule has 2 aromatic rings. The Morgan fingerprint density at radius 2 is 2.23 bits per heavy atom. The van der Waals surface area contributed by atoms with Crippen LogP contribution in [0.25, 0.3) is 10.1 Å². The van der Waals surface area contributed by atoms with Gasteiger partial charge >= 0.3 is 0 Å². The second kappa shape index (κ2) is 3.46. The van der Waals surface area contributed by atoms with Crippen LogP contribution in [0.15, 0.2) is 24.4 Å². The minimum absolute atomic E-state index is 0.726. The lowest BCUT2D eigenvalue weighted by atomic mass is 10.0. The van der Waals surface area contributed by atoms with Crippen LogP contribution in [-0.4, -0.2) is 4.37 Å². The van der Waals surface area contributed by atoms with E-state index in [4.69, 9.17) is 0 Å². The molecule has 2 rings (SSSR count). The van der Waals surface area contributed by atoms with Gasteiger partial charge in [0.1, 0.15) is 0 Å². The normalized spacial score (nSPS) is 11.3. The van der Waals surface area contributed by atoms with E-state index in [9.17, 15) is 0 Å². The second-order valence-electron chi connectivity index (χ2n) is 3.80. The van der Waals surface area contributed by atoms with Crippen molar-refractivity contribution in [3.63, 3.8) is 0 Å². The summed E-state index contributed by atoms with van der Waals surface area (Å²) >= 11 is 1.56. The number of benzene rings is 1. The van der Waals surface area contributed by atoms with Crippen LogP contribution in [0.5, 0.6) is 0 Å². The van der Waals surface area contributed by atoms with Gasteiger partial charge in [0.25, 0.3) is 0 Å². The van der Waals surface area contributed by atoms with Crippen LogP contribution in [0.3, 0.4) is 0 Å². The molecule has 0 fully saturated rings. The lowest BCUT2D eigenvalue weighted by Crippen LogP contribution is -1.92. The molecule has 0 aliphatic rings. The number of aromatic nitrogens is 1. The molecule has 0 atom stereocenters. The molecule has 0 unspecified atom stereocenters. The molecule has 1 nitrogen and oxygen atoms in total. The van der Waals surface area contributed by atoms with Crippen molar-refractivity contribution in [3.8, 4) is 0 Å². The van der Waals surface area contributed by atoms with Gasteiger partial charge in [-0.25, -0.2) is 0 Å². The predicted octanol–water partition coefficient (Wildman–Crippen LogP) is 3.49. The number of hydrogen-bond acceptors (Lipinski definition) is 2. The number of fused-ring (bicyclic) bond motifs is 1. The maximum atomic E-state index is 4.16. The maximum absolute atomic E-state index is 4.16. The predicted molar refractivity (Wildman–Crippen MR) is 58.2 cm³/mol. The fourth-order valence-electron chi connectivity index (χ4n) is 1.52. The first-order valence-corrected chi connectivity index (χ1v) is 5.36. The summed E-state index contributed by atoms with van der Waals surface area (Å²) < 4.78 is 5.45. The van der Waals surface area contributed by atoms with Crippen molar-refractivity contribution in [2.75, 3.05) is 0 Å². The van der Waals surface area contributed by atoms with E-state index in [1.165, 1.54) is 15.6 Å². The third kappa shape index (κ3) is 1.89. The van der Waals surface area contributed by atoms with Gasteiger partial charge in [-0.05, 0) is 41.6 Å². The van der Waals surface area contributed by atoms with Gasteiger partial charge < -0.3 is 0 Å². The van der Waals surface area contributed by atoms with Gasteiger partial charge in [-0.2, -0.15) is 4.37 Å². The van der Waals surface area contributed by atoms with Gasteiger partial charge in [0.15, 0.2) is 0 Å². The van der Waals surface area contributed by atoms with Gasteiger partial charge in [-0.3, -0.25) is 0 Å². The van der Waals surface area contributed by atoms with Crippen LogP contribution in [-0.2, 0) is 6.42 Å². The second-order valence-corrected chi connectivity index (χ2v) is 4.63. The van der Waals surface area contributed by atoms with Crippen molar-refractivity contribution in [3.05, 3.63) is 30.0 Å². The number of hydrogen-bond donors (Lipinski definition) is 0. The number of rotatable bonds is 2. The van der Waals surface area contributed by atoms with E-state index in [1.807, 2.05) is 6.20 Å². The maximum Gasteiger partial charge on any atom is 0.0550 e. The van der Waals surface area contributed by atoms with Gasteiger partial charge in [0.2, 0.25) is 0 Å². The zero-order chi connectivity index (χ0) is 9.26. The first-order chi connectivity index (χ1) is 6.25. The van der Waals surface area contributed by atoms with Crippen molar-refractivity contribution >= 4 is 21.6 Å². The molecule has 0 amide bonds. The molecule has 0 spiro atoms. The fraction of sp³-hybridized carbons (Fsp3) is 0.364. The highest BCUT2D eigenvalue weighted by Gasteiger charge is 2.00. The molecule has 0 aliphatic heterocycles. The highest BCUT2D eigenvalue weighted by molar-refractivity contribution is 7.13. The molecule has 0 aliphatic carbocycles. The van der Waals surface area contributed by atoms with Gasteiger partial charge in [-0.15, -0.1) is 0 Å². The first kappa shape index (κ1) is 8.70. The summed E-state index contributed by atoms with van der Waals surface area (Å²) in [6.07, 6.45) is 3.11. The molecule has 0 saturated heterocycles. The van der Waals surface area contributed by atoms with Crippen molar-refractivity contribution in [1.29, 1.82) is 0 Å². The Kier molecular flexibility index (Phi) is 2.32. The smallest absolute Gasteiger partial charge is 0.0550 e. The molecule has 0 bridgehead atoms. The van der Waals surface area contributed by atoms with E-state index in [-0.39, 0.29) is 0 Å². The summed E-state index contributed by atoms with van der Waals surface area (Å²) in [7, 11) is 0. The zero-order valence-corrected chi connectivity index (χ0v) is 8.77. The number of nitrogens with zero attached hydrogens (tertiary/aromatic N) is 1. The fourth-order valence-corrected chi connectivity index (χ4v) is 2.15. The first-order valence-electron chi connectivity index (χ1n) is 4.59. The molecular formula is C11H13NS. The molecule has 0 radical (unpaired) electrons. The third-order valence-electron chi connectivity index (χ3n) is 2.06. The molecule has 0 N–H and O–H groups in total. The van der Waals surface area contributed by atoms with Crippen LogP contribution in [0.1, 0.15) is 19.4 Å². The van der Waals surface area contributed by atoms with Gasteiger partial charge in [0.05, 0.1) is 4.70 Å². The lowest BCUT2D eigenvalue weighted by Gasteiger charge is -2.03. The summed E-state index contributed by atoms with van der Waals surface area (Å²) in [6, 6.07) is 6.63. The molecule has 2 heteroatoms. The summed E-state index contributed by atoms with van der Waals surface area (Å²) in [5, 5.41) is 1.28. The van der Waals surface area contributed by atoms with E-state index in [0.717, 1.165) is 12.3 Å². The Hall–Kier alpha value is -0.890. The van der Waals surface area contributed by atoms with Crippen LogP contribution in [0.4, 0.5) is 0 Å². The largest absolute Gasteiger partial charge is 0.200 e.